The lowest BCUT2D eigenvalue weighted by molar-refractivity contribution is -0.119. The molecule has 11 heteroatoms. The van der Waals surface area contributed by atoms with Crippen LogP contribution >= 0.6 is 11.6 Å². The van der Waals surface area contributed by atoms with Gasteiger partial charge in [0.1, 0.15) is 11.9 Å². The number of Topliss-reactive ketones (excluding diaryl/α,β-unsaturated/α-hetero) is 1. The Bertz CT molecular complexity index is 1230. The number of halogens is 1. The lowest BCUT2D eigenvalue weighted by Gasteiger charge is -2.24. The van der Waals surface area contributed by atoms with Gasteiger partial charge in [-0.15, -0.1) is 0 Å². The SMILES string of the molecule is Cc1nccn1CC(=O)CNc1ccc(NC(=O)[C@H]2C[C@@H](O)CN2C(=O)Nc2ccc(Cl)cc2)cc1. The first kappa shape index (κ1) is 25.2. The van der Waals surface area contributed by atoms with Gasteiger partial charge in [0.25, 0.3) is 0 Å². The zero-order valence-electron chi connectivity index (χ0n) is 19.6. The van der Waals surface area contributed by atoms with Gasteiger partial charge in [0, 0.05) is 47.4 Å². The molecule has 4 N–H and O–H groups in total. The van der Waals surface area contributed by atoms with Crippen molar-refractivity contribution in [2.24, 2.45) is 0 Å². The summed E-state index contributed by atoms with van der Waals surface area (Å²) < 4.78 is 1.78. The molecule has 0 saturated carbocycles. The Morgan fingerprint density at radius 1 is 1.03 bits per heavy atom. The lowest BCUT2D eigenvalue weighted by atomic mass is 10.1. The topological polar surface area (TPSA) is 129 Å². The molecule has 0 spiro atoms. The number of rotatable bonds is 8. The summed E-state index contributed by atoms with van der Waals surface area (Å²) in [6, 6.07) is 12.2. The molecule has 2 atom stereocenters. The highest BCUT2D eigenvalue weighted by atomic mass is 35.5. The molecule has 0 radical (unpaired) electrons. The molecule has 1 aliphatic rings. The summed E-state index contributed by atoms with van der Waals surface area (Å²) in [6.45, 7) is 2.28. The highest BCUT2D eigenvalue weighted by Gasteiger charge is 2.39. The zero-order valence-corrected chi connectivity index (χ0v) is 20.4. The standard InChI is InChI=1S/C25H27ClN6O4/c1-16-27-10-11-31(16)14-22(34)13-28-18-6-8-19(9-7-18)29-24(35)23-12-21(33)15-32(23)25(36)30-20-4-2-17(26)3-5-20/h2-11,21,23,28,33H,12-15H2,1H3,(H,29,35)(H,30,36)/t21-,23-/m1/s1. The second-order valence-electron chi connectivity index (χ2n) is 8.56. The number of nitrogens with zero attached hydrogens (tertiary/aromatic N) is 3. The number of carbonyl (C=O) groups is 3. The second-order valence-corrected chi connectivity index (χ2v) is 8.99. The fourth-order valence-electron chi connectivity index (χ4n) is 3.93. The number of ketones is 1. The van der Waals surface area contributed by atoms with E-state index in [0.29, 0.717) is 16.4 Å². The number of likely N-dealkylation sites (tertiary alicyclic amines) is 1. The number of anilines is 3. The Hall–Kier alpha value is -3.89. The first-order valence-electron chi connectivity index (χ1n) is 11.4. The largest absolute Gasteiger partial charge is 0.391 e. The van der Waals surface area contributed by atoms with Crippen molar-refractivity contribution in [2.75, 3.05) is 29.0 Å². The molecule has 188 valence electrons. The summed E-state index contributed by atoms with van der Waals surface area (Å²) in [4.78, 5) is 43.3. The number of amides is 3. The molecule has 2 aromatic carbocycles. The number of hydrogen-bond donors (Lipinski definition) is 4. The molecule has 1 aromatic heterocycles. The first-order chi connectivity index (χ1) is 17.3. The number of aryl methyl sites for hydroxylation is 1. The van der Waals surface area contributed by atoms with Crippen LogP contribution in [0, 0.1) is 6.92 Å². The molecule has 0 aliphatic carbocycles. The van der Waals surface area contributed by atoms with Crippen LogP contribution in [-0.4, -0.2) is 62.5 Å². The van der Waals surface area contributed by atoms with E-state index in [0.717, 1.165) is 11.5 Å². The Labute approximate surface area is 213 Å². The van der Waals surface area contributed by atoms with Gasteiger partial charge in [0.2, 0.25) is 5.91 Å². The van der Waals surface area contributed by atoms with E-state index in [1.165, 1.54) is 4.90 Å². The molecule has 36 heavy (non-hydrogen) atoms. The fourth-order valence-corrected chi connectivity index (χ4v) is 4.06. The predicted molar refractivity (Wildman–Crippen MR) is 137 cm³/mol. The van der Waals surface area contributed by atoms with Crippen molar-refractivity contribution in [2.45, 2.75) is 32.0 Å². The van der Waals surface area contributed by atoms with Gasteiger partial charge in [-0.2, -0.15) is 0 Å². The molecule has 3 aromatic rings. The Balaban J connectivity index is 1.30. The first-order valence-corrected chi connectivity index (χ1v) is 11.8. The van der Waals surface area contributed by atoms with Crippen molar-refractivity contribution in [3.05, 3.63) is 71.8 Å². The minimum atomic E-state index is -0.825. The van der Waals surface area contributed by atoms with Gasteiger partial charge in [0.05, 0.1) is 19.2 Å². The maximum atomic E-state index is 12.9. The molecule has 0 unspecified atom stereocenters. The average Bonchev–Trinajstić information content (AvgIpc) is 3.45. The smallest absolute Gasteiger partial charge is 0.322 e. The van der Waals surface area contributed by atoms with Crippen LogP contribution in [0.5, 0.6) is 0 Å². The third kappa shape index (κ3) is 6.41. The number of hydrogen-bond acceptors (Lipinski definition) is 6. The van der Waals surface area contributed by atoms with E-state index < -0.39 is 24.1 Å². The highest BCUT2D eigenvalue weighted by molar-refractivity contribution is 6.30. The normalized spacial score (nSPS) is 17.0. The summed E-state index contributed by atoms with van der Waals surface area (Å²) in [6.07, 6.45) is 2.75. The molecule has 2 heterocycles. The summed E-state index contributed by atoms with van der Waals surface area (Å²) in [7, 11) is 0. The number of nitrogens with one attached hydrogen (secondary N) is 3. The van der Waals surface area contributed by atoms with E-state index in [2.05, 4.69) is 20.9 Å². The Morgan fingerprint density at radius 3 is 2.33 bits per heavy atom. The van der Waals surface area contributed by atoms with Gasteiger partial charge < -0.3 is 30.5 Å². The number of benzene rings is 2. The number of β-amino-alcohol motifs (C(OH)–C–C–N with tert-alkyl or cyclic N) is 1. The Morgan fingerprint density at radius 2 is 1.67 bits per heavy atom. The van der Waals surface area contributed by atoms with Crippen molar-refractivity contribution in [1.82, 2.24) is 14.5 Å². The van der Waals surface area contributed by atoms with Gasteiger partial charge in [-0.25, -0.2) is 9.78 Å². The molecule has 1 saturated heterocycles. The number of aliphatic hydroxyl groups excluding tert-OH is 1. The number of carbonyl (C=O) groups excluding carboxylic acids is 3. The molecule has 1 aliphatic heterocycles. The van der Waals surface area contributed by atoms with Crippen molar-refractivity contribution < 1.29 is 19.5 Å². The number of aliphatic hydroxyl groups is 1. The maximum absolute atomic E-state index is 12.9. The van der Waals surface area contributed by atoms with Gasteiger partial charge in [-0.05, 0) is 55.5 Å². The summed E-state index contributed by atoms with van der Waals surface area (Å²) in [5, 5.41) is 19.2. The van der Waals surface area contributed by atoms with Crippen molar-refractivity contribution in [3.63, 3.8) is 0 Å². The molecule has 10 nitrogen and oxygen atoms in total. The highest BCUT2D eigenvalue weighted by Crippen LogP contribution is 2.22. The average molecular weight is 511 g/mol. The lowest BCUT2D eigenvalue weighted by Crippen LogP contribution is -2.45. The van der Waals surface area contributed by atoms with Crippen LogP contribution in [0.4, 0.5) is 21.9 Å². The third-order valence-electron chi connectivity index (χ3n) is 5.85. The molecule has 0 bridgehead atoms. The van der Waals surface area contributed by atoms with E-state index in [-0.39, 0.29) is 31.8 Å². The number of urea groups is 1. The minimum absolute atomic E-state index is 0.00485. The maximum Gasteiger partial charge on any atom is 0.322 e. The molecule has 1 fully saturated rings. The van der Waals surface area contributed by atoms with Crippen molar-refractivity contribution in [1.29, 1.82) is 0 Å². The summed E-state index contributed by atoms with van der Waals surface area (Å²) >= 11 is 5.88. The van der Waals surface area contributed by atoms with Crippen molar-refractivity contribution in [3.8, 4) is 0 Å². The summed E-state index contributed by atoms with van der Waals surface area (Å²) in [5.74, 6) is 0.383. The van der Waals surface area contributed by atoms with Gasteiger partial charge >= 0.3 is 6.03 Å². The second kappa shape index (κ2) is 11.2. The third-order valence-corrected chi connectivity index (χ3v) is 6.10. The Kier molecular flexibility index (Phi) is 7.87. The van der Waals surface area contributed by atoms with E-state index in [1.807, 2.05) is 6.92 Å². The molecule has 4 rings (SSSR count). The van der Waals surface area contributed by atoms with E-state index in [1.54, 1.807) is 65.5 Å². The van der Waals surface area contributed by atoms with E-state index in [9.17, 15) is 19.5 Å². The minimum Gasteiger partial charge on any atom is -0.391 e. The number of imidazole rings is 1. The molecular weight excluding hydrogens is 484 g/mol. The van der Waals surface area contributed by atoms with Gasteiger partial charge in [-0.3, -0.25) is 9.59 Å². The fraction of sp³-hybridized carbons (Fsp3) is 0.280. The van der Waals surface area contributed by atoms with Crippen LogP contribution in [0.2, 0.25) is 5.02 Å². The van der Waals surface area contributed by atoms with Crippen LogP contribution in [0.25, 0.3) is 0 Å². The van der Waals surface area contributed by atoms with Gasteiger partial charge in [-0.1, -0.05) is 11.6 Å². The van der Waals surface area contributed by atoms with E-state index >= 15 is 0 Å². The quantitative estimate of drug-likeness (QED) is 0.368. The van der Waals surface area contributed by atoms with Crippen LogP contribution in [0.1, 0.15) is 12.2 Å². The van der Waals surface area contributed by atoms with Crippen LogP contribution in [-0.2, 0) is 16.1 Å². The van der Waals surface area contributed by atoms with Crippen LogP contribution in [0.15, 0.2) is 60.9 Å². The zero-order chi connectivity index (χ0) is 25.7. The number of aromatic nitrogens is 2. The molecular formula is C25H27ClN6O4. The van der Waals surface area contributed by atoms with Crippen molar-refractivity contribution >= 4 is 46.4 Å². The predicted octanol–water partition coefficient (Wildman–Crippen LogP) is 3.13. The van der Waals surface area contributed by atoms with Crippen LogP contribution in [0.3, 0.4) is 0 Å². The van der Waals surface area contributed by atoms with Crippen LogP contribution < -0.4 is 16.0 Å². The molecule has 3 amide bonds. The van der Waals surface area contributed by atoms with Gasteiger partial charge in [0.15, 0.2) is 5.78 Å². The van der Waals surface area contributed by atoms with E-state index in [4.69, 9.17) is 11.6 Å². The summed E-state index contributed by atoms with van der Waals surface area (Å²) in [5.41, 5.74) is 1.79. The monoisotopic (exact) mass is 510 g/mol.